The standard InChI is InChI=1S/C14H14ClN3O/c1-3-7-18(8-4-2)14(19)17-12-6-5-11(10-16)13(15)9-12/h3-6,9H,1-2,7-8H2,(H,17,19). The quantitative estimate of drug-likeness (QED) is 0.837. The van der Waals surface area contributed by atoms with Gasteiger partial charge in [-0.2, -0.15) is 5.26 Å². The predicted octanol–water partition coefficient (Wildman–Crippen LogP) is 3.42. The molecule has 0 radical (unpaired) electrons. The monoisotopic (exact) mass is 275 g/mol. The Morgan fingerprint density at radius 2 is 2.05 bits per heavy atom. The van der Waals surface area contributed by atoms with E-state index in [1.807, 2.05) is 6.07 Å². The van der Waals surface area contributed by atoms with Crippen LogP contribution in [0.5, 0.6) is 0 Å². The summed E-state index contributed by atoms with van der Waals surface area (Å²) in [6.07, 6.45) is 3.27. The first-order valence-corrected chi connectivity index (χ1v) is 5.97. The molecule has 5 heteroatoms. The second kappa shape index (κ2) is 7.24. The Hall–Kier alpha value is -2.25. The first-order chi connectivity index (χ1) is 9.12. The fourth-order valence-corrected chi connectivity index (χ4v) is 1.66. The summed E-state index contributed by atoms with van der Waals surface area (Å²) in [6.45, 7) is 8.03. The Labute approximate surface area is 117 Å². The van der Waals surface area contributed by atoms with Crippen LogP contribution >= 0.6 is 11.6 Å². The largest absolute Gasteiger partial charge is 0.322 e. The number of hydrogen-bond donors (Lipinski definition) is 1. The van der Waals surface area contributed by atoms with Crippen molar-refractivity contribution in [3.05, 3.63) is 54.1 Å². The molecule has 0 aliphatic heterocycles. The van der Waals surface area contributed by atoms with Crippen molar-refractivity contribution in [2.45, 2.75) is 0 Å². The van der Waals surface area contributed by atoms with Gasteiger partial charge in [-0.25, -0.2) is 4.79 Å². The van der Waals surface area contributed by atoms with E-state index in [1.54, 1.807) is 24.3 Å². The van der Waals surface area contributed by atoms with Crippen molar-refractivity contribution in [1.29, 1.82) is 5.26 Å². The van der Waals surface area contributed by atoms with Crippen LogP contribution in [0, 0.1) is 11.3 Å². The highest BCUT2D eigenvalue weighted by Gasteiger charge is 2.11. The lowest BCUT2D eigenvalue weighted by molar-refractivity contribution is 0.222. The van der Waals surface area contributed by atoms with E-state index in [2.05, 4.69) is 18.5 Å². The number of halogens is 1. The highest BCUT2D eigenvalue weighted by Crippen LogP contribution is 2.20. The van der Waals surface area contributed by atoms with Gasteiger partial charge in [0.2, 0.25) is 0 Å². The summed E-state index contributed by atoms with van der Waals surface area (Å²) in [7, 11) is 0. The van der Waals surface area contributed by atoms with Crippen LogP contribution in [0.2, 0.25) is 5.02 Å². The molecule has 98 valence electrons. The van der Waals surface area contributed by atoms with Crippen molar-refractivity contribution >= 4 is 23.3 Å². The van der Waals surface area contributed by atoms with Crippen LogP contribution in [-0.4, -0.2) is 24.0 Å². The zero-order chi connectivity index (χ0) is 14.3. The number of benzene rings is 1. The van der Waals surface area contributed by atoms with Crippen LogP contribution in [0.15, 0.2) is 43.5 Å². The summed E-state index contributed by atoms with van der Waals surface area (Å²) < 4.78 is 0. The minimum absolute atomic E-state index is 0.277. The number of urea groups is 1. The minimum atomic E-state index is -0.277. The molecular weight excluding hydrogens is 262 g/mol. The van der Waals surface area contributed by atoms with Crippen LogP contribution in [0.3, 0.4) is 0 Å². The highest BCUT2D eigenvalue weighted by molar-refractivity contribution is 6.32. The minimum Gasteiger partial charge on any atom is -0.317 e. The van der Waals surface area contributed by atoms with E-state index in [0.29, 0.717) is 29.4 Å². The molecule has 0 atom stereocenters. The average molecular weight is 276 g/mol. The number of nitrogens with zero attached hydrogens (tertiary/aromatic N) is 2. The molecule has 1 rings (SSSR count). The summed E-state index contributed by atoms with van der Waals surface area (Å²) in [4.78, 5) is 13.5. The lowest BCUT2D eigenvalue weighted by Crippen LogP contribution is -2.35. The molecule has 1 aromatic rings. The number of nitriles is 1. The van der Waals surface area contributed by atoms with Crippen molar-refractivity contribution in [3.8, 4) is 6.07 Å². The van der Waals surface area contributed by atoms with Gasteiger partial charge in [0.05, 0.1) is 10.6 Å². The maximum atomic E-state index is 12.0. The van der Waals surface area contributed by atoms with Gasteiger partial charge < -0.3 is 10.2 Å². The molecule has 0 bridgehead atoms. The van der Waals surface area contributed by atoms with Gasteiger partial charge in [0.1, 0.15) is 6.07 Å². The van der Waals surface area contributed by atoms with Crippen LogP contribution in [0.4, 0.5) is 10.5 Å². The van der Waals surface area contributed by atoms with E-state index >= 15 is 0 Å². The van der Waals surface area contributed by atoms with Crippen molar-refractivity contribution in [1.82, 2.24) is 4.90 Å². The summed E-state index contributed by atoms with van der Waals surface area (Å²) in [5.41, 5.74) is 0.904. The Balaban J connectivity index is 2.80. The van der Waals surface area contributed by atoms with Gasteiger partial charge in [0.15, 0.2) is 0 Å². The van der Waals surface area contributed by atoms with Crippen LogP contribution in [0.1, 0.15) is 5.56 Å². The van der Waals surface area contributed by atoms with E-state index < -0.39 is 0 Å². The molecular formula is C14H14ClN3O. The highest BCUT2D eigenvalue weighted by atomic mass is 35.5. The zero-order valence-corrected chi connectivity index (χ0v) is 11.2. The maximum absolute atomic E-state index is 12.0. The third kappa shape index (κ3) is 4.16. The van der Waals surface area contributed by atoms with Crippen LogP contribution < -0.4 is 5.32 Å². The van der Waals surface area contributed by atoms with Crippen molar-refractivity contribution in [2.75, 3.05) is 18.4 Å². The number of hydrogen-bond acceptors (Lipinski definition) is 2. The molecule has 1 aromatic carbocycles. The average Bonchev–Trinajstić information content (AvgIpc) is 2.38. The van der Waals surface area contributed by atoms with Gasteiger partial charge in [-0.05, 0) is 18.2 Å². The molecule has 1 N–H and O–H groups in total. The maximum Gasteiger partial charge on any atom is 0.322 e. The Bertz CT molecular complexity index is 524. The summed E-state index contributed by atoms with van der Waals surface area (Å²) in [6, 6.07) is 6.41. The Kier molecular flexibility index (Phi) is 5.65. The Morgan fingerprint density at radius 1 is 1.42 bits per heavy atom. The third-order valence-corrected chi connectivity index (χ3v) is 2.64. The predicted molar refractivity (Wildman–Crippen MR) is 77.2 cm³/mol. The van der Waals surface area contributed by atoms with Gasteiger partial charge in [-0.1, -0.05) is 23.8 Å². The van der Waals surface area contributed by atoms with Crippen molar-refractivity contribution in [2.24, 2.45) is 0 Å². The SMILES string of the molecule is C=CCN(CC=C)C(=O)Nc1ccc(C#N)c(Cl)c1. The molecule has 0 saturated heterocycles. The third-order valence-electron chi connectivity index (χ3n) is 2.33. The molecule has 0 heterocycles. The van der Waals surface area contributed by atoms with Gasteiger partial charge in [-0.15, -0.1) is 13.2 Å². The fourth-order valence-electron chi connectivity index (χ4n) is 1.44. The van der Waals surface area contributed by atoms with E-state index in [0.717, 1.165) is 0 Å². The molecule has 4 nitrogen and oxygen atoms in total. The van der Waals surface area contributed by atoms with E-state index in [1.165, 1.54) is 11.0 Å². The van der Waals surface area contributed by atoms with Crippen molar-refractivity contribution < 1.29 is 4.79 Å². The zero-order valence-electron chi connectivity index (χ0n) is 10.4. The second-order valence-electron chi connectivity index (χ2n) is 3.72. The lowest BCUT2D eigenvalue weighted by atomic mass is 10.2. The molecule has 0 fully saturated rings. The number of carbonyl (C=O) groups excluding carboxylic acids is 1. The molecule has 0 saturated carbocycles. The van der Waals surface area contributed by atoms with Gasteiger partial charge in [0.25, 0.3) is 0 Å². The number of anilines is 1. The first kappa shape index (κ1) is 14.8. The van der Waals surface area contributed by atoms with E-state index in [4.69, 9.17) is 16.9 Å². The van der Waals surface area contributed by atoms with E-state index in [-0.39, 0.29) is 6.03 Å². The van der Waals surface area contributed by atoms with Gasteiger partial charge in [0, 0.05) is 18.8 Å². The molecule has 0 aliphatic rings. The molecule has 0 aliphatic carbocycles. The topological polar surface area (TPSA) is 56.1 Å². The lowest BCUT2D eigenvalue weighted by Gasteiger charge is -2.19. The Morgan fingerprint density at radius 3 is 2.53 bits per heavy atom. The van der Waals surface area contributed by atoms with Gasteiger partial charge in [-0.3, -0.25) is 0 Å². The molecule has 2 amide bonds. The smallest absolute Gasteiger partial charge is 0.317 e. The fraction of sp³-hybridized carbons (Fsp3) is 0.143. The number of nitrogens with one attached hydrogen (secondary N) is 1. The second-order valence-corrected chi connectivity index (χ2v) is 4.13. The molecule has 19 heavy (non-hydrogen) atoms. The summed E-state index contributed by atoms with van der Waals surface area (Å²) in [5, 5.41) is 11.8. The van der Waals surface area contributed by atoms with Crippen LogP contribution in [0.25, 0.3) is 0 Å². The number of rotatable bonds is 5. The first-order valence-electron chi connectivity index (χ1n) is 5.59. The summed E-state index contributed by atoms with van der Waals surface area (Å²) >= 11 is 5.90. The van der Waals surface area contributed by atoms with Crippen molar-refractivity contribution in [3.63, 3.8) is 0 Å². The van der Waals surface area contributed by atoms with E-state index in [9.17, 15) is 4.79 Å². The number of carbonyl (C=O) groups is 1. The normalized spacial score (nSPS) is 9.26. The summed E-state index contributed by atoms with van der Waals surface area (Å²) in [5.74, 6) is 0. The number of amides is 2. The van der Waals surface area contributed by atoms with Crippen LogP contribution in [-0.2, 0) is 0 Å². The molecule has 0 aromatic heterocycles. The van der Waals surface area contributed by atoms with Gasteiger partial charge >= 0.3 is 6.03 Å². The molecule has 0 unspecified atom stereocenters. The molecule has 0 spiro atoms.